The number of carbonyl (C=O) groups excluding carboxylic acids is 2. The molecule has 1 aromatic heterocycles. The molecular formula is C26H25N3O3. The smallest absolute Gasteiger partial charge is 0.273 e. The molecule has 0 spiro atoms. The zero-order valence-electron chi connectivity index (χ0n) is 17.9. The van der Waals surface area contributed by atoms with E-state index >= 15 is 0 Å². The highest BCUT2D eigenvalue weighted by molar-refractivity contribution is 5.99. The molecule has 32 heavy (non-hydrogen) atoms. The van der Waals surface area contributed by atoms with Crippen LogP contribution in [-0.4, -0.2) is 59.4 Å². The monoisotopic (exact) mass is 427 g/mol. The summed E-state index contributed by atoms with van der Waals surface area (Å²) in [6, 6.07) is 17.9. The second-order valence-electron chi connectivity index (χ2n) is 8.19. The molecule has 1 fully saturated rings. The average Bonchev–Trinajstić information content (AvgIpc) is 3.13. The van der Waals surface area contributed by atoms with Crippen molar-refractivity contribution in [1.29, 1.82) is 0 Å². The molecule has 2 aliphatic rings. The number of benzene rings is 2. The number of amides is 2. The molecule has 2 aromatic carbocycles. The highest BCUT2D eigenvalue weighted by atomic mass is 16.5. The first-order chi connectivity index (χ1) is 15.7. The number of fused-ring (bicyclic) bond motifs is 2. The van der Waals surface area contributed by atoms with E-state index in [1.165, 1.54) is 0 Å². The van der Waals surface area contributed by atoms with Gasteiger partial charge in [-0.25, -0.2) is 4.98 Å². The zero-order valence-corrected chi connectivity index (χ0v) is 17.9. The number of hydrogen-bond acceptors (Lipinski definition) is 4. The van der Waals surface area contributed by atoms with Gasteiger partial charge in [0.1, 0.15) is 5.69 Å². The van der Waals surface area contributed by atoms with E-state index in [0.29, 0.717) is 51.5 Å². The van der Waals surface area contributed by atoms with Crippen molar-refractivity contribution in [3.63, 3.8) is 0 Å². The van der Waals surface area contributed by atoms with Crippen molar-refractivity contribution in [3.05, 3.63) is 83.1 Å². The maximum Gasteiger partial charge on any atom is 0.273 e. The minimum absolute atomic E-state index is 0.0209. The lowest BCUT2D eigenvalue weighted by molar-refractivity contribution is -0.134. The van der Waals surface area contributed by atoms with Crippen molar-refractivity contribution < 1.29 is 14.3 Å². The molecule has 5 rings (SSSR count). The molecule has 0 radical (unpaired) electrons. The number of aromatic nitrogens is 1. The Morgan fingerprint density at radius 1 is 1.06 bits per heavy atom. The Morgan fingerprint density at radius 2 is 1.84 bits per heavy atom. The Labute approximate surface area is 187 Å². The predicted octanol–water partition coefficient (Wildman–Crippen LogP) is 3.31. The summed E-state index contributed by atoms with van der Waals surface area (Å²) < 4.78 is 5.30. The maximum atomic E-state index is 12.7. The summed E-state index contributed by atoms with van der Waals surface area (Å²) in [5.74, 6) is 0.123. The Kier molecular flexibility index (Phi) is 5.69. The third kappa shape index (κ3) is 4.27. The minimum atomic E-state index is -0.0209. The lowest BCUT2D eigenvalue weighted by atomic mass is 10.1. The van der Waals surface area contributed by atoms with Gasteiger partial charge in [0.25, 0.3) is 5.91 Å². The summed E-state index contributed by atoms with van der Waals surface area (Å²) in [6.45, 7) is 3.69. The Hall–Kier alpha value is -3.51. The summed E-state index contributed by atoms with van der Waals surface area (Å²) in [4.78, 5) is 33.4. The fourth-order valence-electron chi connectivity index (χ4n) is 4.20. The van der Waals surface area contributed by atoms with Gasteiger partial charge in [0, 0.05) is 37.1 Å². The van der Waals surface area contributed by atoms with E-state index in [4.69, 9.17) is 4.74 Å². The van der Waals surface area contributed by atoms with E-state index in [-0.39, 0.29) is 11.8 Å². The maximum absolute atomic E-state index is 12.7. The third-order valence-electron chi connectivity index (χ3n) is 5.99. The molecule has 6 nitrogen and oxygen atoms in total. The fraction of sp³-hybridized carbons (Fsp3) is 0.269. The average molecular weight is 428 g/mol. The first-order valence-electron chi connectivity index (χ1n) is 11.0. The Balaban J connectivity index is 1.18. The van der Waals surface area contributed by atoms with Gasteiger partial charge < -0.3 is 14.5 Å². The number of carbonyl (C=O) groups is 2. The summed E-state index contributed by atoms with van der Waals surface area (Å²) in [5.41, 5.74) is 4.44. The molecule has 0 aliphatic carbocycles. The van der Waals surface area contributed by atoms with E-state index in [0.717, 1.165) is 27.6 Å². The van der Waals surface area contributed by atoms with Crippen LogP contribution in [-0.2, 0) is 22.5 Å². The molecule has 0 unspecified atom stereocenters. The van der Waals surface area contributed by atoms with Gasteiger partial charge in [-0.2, -0.15) is 0 Å². The van der Waals surface area contributed by atoms with E-state index in [1.807, 2.05) is 70.5 Å². The summed E-state index contributed by atoms with van der Waals surface area (Å²) in [7, 11) is 0. The van der Waals surface area contributed by atoms with Crippen LogP contribution in [0.2, 0.25) is 0 Å². The lowest BCUT2D eigenvalue weighted by Gasteiger charge is -2.26. The van der Waals surface area contributed by atoms with Crippen molar-refractivity contribution in [2.24, 2.45) is 0 Å². The van der Waals surface area contributed by atoms with Gasteiger partial charge in [0.2, 0.25) is 5.91 Å². The number of para-hydroxylation sites is 1. The molecule has 6 heteroatoms. The molecule has 0 atom stereocenters. The largest absolute Gasteiger partial charge is 0.378 e. The van der Waals surface area contributed by atoms with Gasteiger partial charge in [-0.3, -0.25) is 9.59 Å². The van der Waals surface area contributed by atoms with Crippen LogP contribution in [0.3, 0.4) is 0 Å². The first-order valence-corrected chi connectivity index (χ1v) is 11.0. The molecular weight excluding hydrogens is 402 g/mol. The van der Waals surface area contributed by atoms with E-state index in [2.05, 4.69) is 11.1 Å². The Morgan fingerprint density at radius 3 is 2.66 bits per heavy atom. The molecule has 3 heterocycles. The van der Waals surface area contributed by atoms with Crippen molar-refractivity contribution in [2.45, 2.75) is 13.0 Å². The molecule has 3 aromatic rings. The topological polar surface area (TPSA) is 62.7 Å². The van der Waals surface area contributed by atoms with Crippen LogP contribution in [0.5, 0.6) is 0 Å². The van der Waals surface area contributed by atoms with Crippen LogP contribution >= 0.6 is 0 Å². The standard InChI is InChI=1S/C26H25N3O3/c30-24(28-12-14-32-15-13-28)16-20-9-7-19(8-10-20)4-3-11-29-18-22-17-21-5-1-2-6-23(21)27-25(22)26(29)31/h1-10,17H,11-16,18H2/b4-3+. The number of ether oxygens (including phenoxy) is 1. The third-order valence-corrected chi connectivity index (χ3v) is 5.99. The van der Waals surface area contributed by atoms with Gasteiger partial charge in [0.15, 0.2) is 0 Å². The van der Waals surface area contributed by atoms with Crippen LogP contribution in [0.25, 0.3) is 17.0 Å². The quantitative estimate of drug-likeness (QED) is 0.627. The summed E-state index contributed by atoms with van der Waals surface area (Å²) in [5, 5.41) is 1.06. The van der Waals surface area contributed by atoms with Crippen molar-refractivity contribution in [3.8, 4) is 0 Å². The number of pyridine rings is 1. The van der Waals surface area contributed by atoms with Crippen LogP contribution in [0, 0.1) is 0 Å². The highest BCUT2D eigenvalue weighted by Gasteiger charge is 2.28. The van der Waals surface area contributed by atoms with Crippen molar-refractivity contribution >= 4 is 28.8 Å². The molecule has 2 amide bonds. The number of nitrogens with zero attached hydrogens (tertiary/aromatic N) is 3. The Bertz CT molecular complexity index is 1180. The van der Waals surface area contributed by atoms with Gasteiger partial charge >= 0.3 is 0 Å². The zero-order chi connectivity index (χ0) is 21.9. The van der Waals surface area contributed by atoms with Crippen LogP contribution < -0.4 is 0 Å². The van der Waals surface area contributed by atoms with Crippen molar-refractivity contribution in [2.75, 3.05) is 32.8 Å². The first kappa shape index (κ1) is 20.4. The van der Waals surface area contributed by atoms with E-state index in [1.54, 1.807) is 0 Å². The van der Waals surface area contributed by atoms with Gasteiger partial charge in [0.05, 0.1) is 25.2 Å². The molecule has 0 bridgehead atoms. The van der Waals surface area contributed by atoms with Crippen molar-refractivity contribution in [1.82, 2.24) is 14.8 Å². The molecule has 2 aliphatic heterocycles. The van der Waals surface area contributed by atoms with Gasteiger partial charge in [-0.15, -0.1) is 0 Å². The molecule has 0 saturated carbocycles. The SMILES string of the molecule is O=C(Cc1ccc(/C=C/CN2Cc3cc4ccccc4nc3C2=O)cc1)N1CCOCC1. The number of hydrogen-bond donors (Lipinski definition) is 0. The van der Waals surface area contributed by atoms with Crippen LogP contribution in [0.1, 0.15) is 27.2 Å². The normalized spacial score (nSPS) is 16.2. The molecule has 162 valence electrons. The van der Waals surface area contributed by atoms with Crippen LogP contribution in [0.15, 0.2) is 60.7 Å². The molecule has 1 saturated heterocycles. The van der Waals surface area contributed by atoms with Gasteiger partial charge in [-0.1, -0.05) is 54.6 Å². The predicted molar refractivity (Wildman–Crippen MR) is 123 cm³/mol. The number of rotatable bonds is 5. The van der Waals surface area contributed by atoms with Crippen LogP contribution in [0.4, 0.5) is 0 Å². The summed E-state index contributed by atoms with van der Waals surface area (Å²) >= 11 is 0. The second-order valence-corrected chi connectivity index (χ2v) is 8.19. The number of morpholine rings is 1. The molecule has 0 N–H and O–H groups in total. The second kappa shape index (κ2) is 8.93. The van der Waals surface area contributed by atoms with E-state index < -0.39 is 0 Å². The fourth-order valence-corrected chi connectivity index (χ4v) is 4.20. The highest BCUT2D eigenvalue weighted by Crippen LogP contribution is 2.25. The summed E-state index contributed by atoms with van der Waals surface area (Å²) in [6.07, 6.45) is 4.41. The van der Waals surface area contributed by atoms with E-state index in [9.17, 15) is 9.59 Å². The van der Waals surface area contributed by atoms with Gasteiger partial charge in [-0.05, 0) is 23.3 Å². The lowest BCUT2D eigenvalue weighted by Crippen LogP contribution is -2.41. The minimum Gasteiger partial charge on any atom is -0.378 e.